The number of ether oxygens (including phenoxy) is 1. The van der Waals surface area contributed by atoms with Crippen LogP contribution in [-0.2, 0) is 9.59 Å². The van der Waals surface area contributed by atoms with E-state index in [0.29, 0.717) is 11.3 Å². The van der Waals surface area contributed by atoms with E-state index in [1.54, 1.807) is 42.5 Å². The van der Waals surface area contributed by atoms with Crippen molar-refractivity contribution in [3.63, 3.8) is 0 Å². The molecule has 34 heavy (non-hydrogen) atoms. The second kappa shape index (κ2) is 10.1. The number of nitrogens with zero attached hydrogens (tertiary/aromatic N) is 1. The summed E-state index contributed by atoms with van der Waals surface area (Å²) in [5.74, 6) is -1.88. The average molecular weight is 476 g/mol. The molecule has 1 N–H and O–H groups in total. The van der Waals surface area contributed by atoms with E-state index in [0.717, 1.165) is 28.8 Å². The summed E-state index contributed by atoms with van der Waals surface area (Å²) in [7, 11) is 0. The van der Waals surface area contributed by atoms with Crippen LogP contribution in [0.25, 0.3) is 6.08 Å². The van der Waals surface area contributed by atoms with Crippen LogP contribution in [0.5, 0.6) is 5.75 Å². The molecule has 1 aliphatic heterocycles. The van der Waals surface area contributed by atoms with Crippen molar-refractivity contribution in [3.8, 4) is 5.75 Å². The molecule has 3 aromatic rings. The fraction of sp³-hybridized carbons (Fsp3) is 0.0400. The number of anilines is 1. The molecule has 1 heterocycles. The Labute approximate surface area is 198 Å². The Morgan fingerprint density at radius 2 is 1.62 bits per heavy atom. The van der Waals surface area contributed by atoms with Gasteiger partial charge in [-0.15, -0.1) is 0 Å². The summed E-state index contributed by atoms with van der Waals surface area (Å²) in [5, 5.41) is 2.10. The van der Waals surface area contributed by atoms with Crippen molar-refractivity contribution in [1.82, 2.24) is 4.90 Å². The zero-order valence-corrected chi connectivity index (χ0v) is 18.4. The van der Waals surface area contributed by atoms with Crippen LogP contribution in [0.15, 0.2) is 83.8 Å². The molecule has 170 valence electrons. The molecule has 3 amide bonds. The van der Waals surface area contributed by atoms with Gasteiger partial charge in [0.15, 0.2) is 0 Å². The summed E-state index contributed by atoms with van der Waals surface area (Å²) in [4.78, 5) is 50.3. The Bertz CT molecular complexity index is 1270. The average Bonchev–Trinajstić information content (AvgIpc) is 3.08. The third-order valence-corrected chi connectivity index (χ3v) is 5.61. The predicted octanol–water partition coefficient (Wildman–Crippen LogP) is 4.72. The summed E-state index contributed by atoms with van der Waals surface area (Å²) >= 11 is 0.741. The molecule has 7 nitrogen and oxygen atoms in total. The highest BCUT2D eigenvalue weighted by atomic mass is 32.2. The second-order valence-electron chi connectivity index (χ2n) is 7.15. The molecule has 1 fully saturated rings. The van der Waals surface area contributed by atoms with E-state index >= 15 is 0 Å². The van der Waals surface area contributed by atoms with Crippen LogP contribution in [0, 0.1) is 5.82 Å². The van der Waals surface area contributed by atoms with Gasteiger partial charge in [-0.1, -0.05) is 30.3 Å². The summed E-state index contributed by atoms with van der Waals surface area (Å²) in [6.45, 7) is -0.394. The first kappa shape index (κ1) is 22.9. The smallest absolute Gasteiger partial charge is 0.343 e. The minimum absolute atomic E-state index is 0.175. The SMILES string of the molecule is O=C(CN1C(=O)S/C(=C\c2ccc(OC(=O)c3ccc(F)cc3)cc2)C1=O)Nc1ccccc1. The molecule has 0 unspecified atom stereocenters. The van der Waals surface area contributed by atoms with E-state index < -0.39 is 35.4 Å². The Balaban J connectivity index is 1.38. The van der Waals surface area contributed by atoms with Gasteiger partial charge in [0.05, 0.1) is 10.5 Å². The Morgan fingerprint density at radius 1 is 0.941 bits per heavy atom. The molecule has 0 atom stereocenters. The highest BCUT2D eigenvalue weighted by molar-refractivity contribution is 8.18. The van der Waals surface area contributed by atoms with Gasteiger partial charge in [-0.2, -0.15) is 0 Å². The summed E-state index contributed by atoms with van der Waals surface area (Å²) < 4.78 is 18.2. The van der Waals surface area contributed by atoms with Gasteiger partial charge in [-0.05, 0) is 71.9 Å². The highest BCUT2D eigenvalue weighted by Gasteiger charge is 2.36. The highest BCUT2D eigenvalue weighted by Crippen LogP contribution is 2.32. The lowest BCUT2D eigenvalue weighted by molar-refractivity contribution is -0.127. The molecule has 1 aliphatic rings. The molecule has 0 radical (unpaired) electrons. The minimum Gasteiger partial charge on any atom is -0.423 e. The van der Waals surface area contributed by atoms with Crippen LogP contribution in [-0.4, -0.2) is 34.5 Å². The van der Waals surface area contributed by atoms with E-state index in [1.807, 2.05) is 0 Å². The number of carbonyl (C=O) groups is 4. The van der Waals surface area contributed by atoms with E-state index in [-0.39, 0.29) is 16.2 Å². The molecule has 1 saturated heterocycles. The maximum atomic E-state index is 13.0. The van der Waals surface area contributed by atoms with Crippen LogP contribution in [0.2, 0.25) is 0 Å². The molecule has 3 aromatic carbocycles. The number of imide groups is 1. The number of esters is 1. The van der Waals surface area contributed by atoms with Gasteiger partial charge in [0.2, 0.25) is 5.91 Å². The third kappa shape index (κ3) is 5.57. The third-order valence-electron chi connectivity index (χ3n) is 4.70. The van der Waals surface area contributed by atoms with Crippen molar-refractivity contribution in [1.29, 1.82) is 0 Å². The summed E-state index contributed by atoms with van der Waals surface area (Å²) in [6, 6.07) is 20.0. The van der Waals surface area contributed by atoms with Gasteiger partial charge in [-0.25, -0.2) is 9.18 Å². The van der Waals surface area contributed by atoms with Gasteiger partial charge in [0.25, 0.3) is 11.1 Å². The molecule has 0 spiro atoms. The fourth-order valence-electron chi connectivity index (χ4n) is 3.04. The van der Waals surface area contributed by atoms with E-state index in [1.165, 1.54) is 30.3 Å². The van der Waals surface area contributed by atoms with Gasteiger partial charge in [-0.3, -0.25) is 19.3 Å². The maximum Gasteiger partial charge on any atom is 0.343 e. The molecular weight excluding hydrogens is 459 g/mol. The second-order valence-corrected chi connectivity index (χ2v) is 8.14. The predicted molar refractivity (Wildman–Crippen MR) is 126 cm³/mol. The number of nitrogens with one attached hydrogen (secondary N) is 1. The zero-order chi connectivity index (χ0) is 24.1. The summed E-state index contributed by atoms with van der Waals surface area (Å²) in [5.41, 5.74) is 1.37. The van der Waals surface area contributed by atoms with Crippen molar-refractivity contribution in [2.75, 3.05) is 11.9 Å². The van der Waals surface area contributed by atoms with E-state index in [9.17, 15) is 23.6 Å². The van der Waals surface area contributed by atoms with Crippen molar-refractivity contribution in [2.45, 2.75) is 0 Å². The van der Waals surface area contributed by atoms with E-state index in [2.05, 4.69) is 5.32 Å². The van der Waals surface area contributed by atoms with Crippen molar-refractivity contribution in [3.05, 3.63) is 101 Å². The van der Waals surface area contributed by atoms with Crippen LogP contribution in [0.3, 0.4) is 0 Å². The molecule has 0 aromatic heterocycles. The first-order chi connectivity index (χ1) is 16.4. The number of thioether (sulfide) groups is 1. The monoisotopic (exact) mass is 476 g/mol. The lowest BCUT2D eigenvalue weighted by Gasteiger charge is -2.12. The number of carbonyl (C=O) groups excluding carboxylic acids is 4. The fourth-order valence-corrected chi connectivity index (χ4v) is 3.88. The number of rotatable bonds is 6. The molecule has 0 saturated carbocycles. The lowest BCUT2D eigenvalue weighted by Crippen LogP contribution is -2.36. The van der Waals surface area contributed by atoms with Crippen molar-refractivity contribution in [2.24, 2.45) is 0 Å². The number of halogens is 1. The van der Waals surface area contributed by atoms with Crippen LogP contribution in [0.4, 0.5) is 14.9 Å². The molecular formula is C25H17FN2O5S. The molecule has 9 heteroatoms. The first-order valence-electron chi connectivity index (χ1n) is 10.1. The first-order valence-corrected chi connectivity index (χ1v) is 10.9. The Morgan fingerprint density at radius 3 is 2.29 bits per heavy atom. The normalized spacial score (nSPS) is 14.4. The lowest BCUT2D eigenvalue weighted by atomic mass is 10.2. The molecule has 0 bridgehead atoms. The quantitative estimate of drug-likeness (QED) is 0.314. The van der Waals surface area contributed by atoms with Crippen LogP contribution < -0.4 is 10.1 Å². The van der Waals surface area contributed by atoms with E-state index in [4.69, 9.17) is 4.74 Å². The van der Waals surface area contributed by atoms with Crippen LogP contribution in [0.1, 0.15) is 15.9 Å². The zero-order valence-electron chi connectivity index (χ0n) is 17.6. The number of hydrogen-bond donors (Lipinski definition) is 1. The summed E-state index contributed by atoms with van der Waals surface area (Å²) in [6.07, 6.45) is 1.52. The Kier molecular flexibility index (Phi) is 6.84. The van der Waals surface area contributed by atoms with Gasteiger partial charge >= 0.3 is 5.97 Å². The number of hydrogen-bond acceptors (Lipinski definition) is 6. The minimum atomic E-state index is -0.636. The molecule has 0 aliphatic carbocycles. The Hall–Kier alpha value is -4.24. The standard InChI is InChI=1S/C25H17FN2O5S/c26-18-10-8-17(9-11-18)24(31)33-20-12-6-16(7-13-20)14-21-23(30)28(25(32)34-21)15-22(29)27-19-4-2-1-3-5-19/h1-14H,15H2,(H,27,29)/b21-14-. The topological polar surface area (TPSA) is 92.8 Å². The number of benzene rings is 3. The number of para-hydroxylation sites is 1. The van der Waals surface area contributed by atoms with Crippen LogP contribution >= 0.6 is 11.8 Å². The van der Waals surface area contributed by atoms with Crippen molar-refractivity contribution >= 4 is 46.5 Å². The van der Waals surface area contributed by atoms with Crippen molar-refractivity contribution < 1.29 is 28.3 Å². The molecule has 4 rings (SSSR count). The van der Waals surface area contributed by atoms with Gasteiger partial charge in [0.1, 0.15) is 18.1 Å². The number of amides is 3. The largest absolute Gasteiger partial charge is 0.423 e. The van der Waals surface area contributed by atoms with Gasteiger partial charge < -0.3 is 10.1 Å². The van der Waals surface area contributed by atoms with Gasteiger partial charge in [0, 0.05) is 5.69 Å². The maximum absolute atomic E-state index is 13.0.